The lowest BCUT2D eigenvalue weighted by molar-refractivity contribution is 0.604. The summed E-state index contributed by atoms with van der Waals surface area (Å²) < 4.78 is 15.6. The summed E-state index contributed by atoms with van der Waals surface area (Å²) in [6.45, 7) is 5.99. The molecule has 0 saturated carbocycles. The van der Waals surface area contributed by atoms with E-state index in [0.717, 1.165) is 5.69 Å². The Bertz CT molecular complexity index is 563. The quantitative estimate of drug-likeness (QED) is 0.898. The molecule has 18 heavy (non-hydrogen) atoms. The Balaban J connectivity index is 2.36. The first-order valence-corrected chi connectivity index (χ1v) is 6.12. The Morgan fingerprint density at radius 2 is 2.11 bits per heavy atom. The molecule has 0 aliphatic carbocycles. The van der Waals surface area contributed by atoms with Crippen molar-refractivity contribution in [1.82, 2.24) is 9.55 Å². The number of rotatable bonds is 3. The van der Waals surface area contributed by atoms with Gasteiger partial charge in [-0.15, -0.1) is 0 Å². The molecule has 0 bridgehead atoms. The topological polar surface area (TPSA) is 29.9 Å². The van der Waals surface area contributed by atoms with E-state index in [4.69, 9.17) is 11.6 Å². The van der Waals surface area contributed by atoms with E-state index in [9.17, 15) is 4.39 Å². The molecule has 0 saturated heterocycles. The van der Waals surface area contributed by atoms with Gasteiger partial charge in [0, 0.05) is 17.3 Å². The highest BCUT2D eigenvalue weighted by Gasteiger charge is 2.11. The van der Waals surface area contributed by atoms with Gasteiger partial charge in [0.15, 0.2) is 0 Å². The fourth-order valence-corrected chi connectivity index (χ4v) is 1.89. The second kappa shape index (κ2) is 4.98. The van der Waals surface area contributed by atoms with Gasteiger partial charge in [-0.3, -0.25) is 0 Å². The third-order valence-electron chi connectivity index (χ3n) is 2.58. The molecule has 5 heteroatoms. The number of halogens is 2. The number of nitrogens with one attached hydrogen (secondary N) is 1. The third kappa shape index (κ3) is 2.64. The highest BCUT2D eigenvalue weighted by Crippen LogP contribution is 2.24. The zero-order valence-electron chi connectivity index (χ0n) is 10.5. The first kappa shape index (κ1) is 12.9. The summed E-state index contributed by atoms with van der Waals surface area (Å²) in [4.78, 5) is 4.34. The molecule has 2 aromatic rings. The number of hydrogen-bond donors (Lipinski definition) is 1. The summed E-state index contributed by atoms with van der Waals surface area (Å²) >= 11 is 5.86. The van der Waals surface area contributed by atoms with Crippen LogP contribution in [0.25, 0.3) is 0 Å². The normalized spacial score (nSPS) is 11.0. The average Bonchev–Trinajstić information content (AvgIpc) is 2.65. The summed E-state index contributed by atoms with van der Waals surface area (Å²) in [6.07, 6.45) is 1.93. The van der Waals surface area contributed by atoms with Crippen LogP contribution in [-0.2, 0) is 0 Å². The van der Waals surface area contributed by atoms with E-state index in [2.05, 4.69) is 10.3 Å². The summed E-state index contributed by atoms with van der Waals surface area (Å²) in [5.74, 6) is 0.263. The Morgan fingerprint density at radius 3 is 2.78 bits per heavy atom. The zero-order valence-corrected chi connectivity index (χ0v) is 11.3. The predicted octanol–water partition coefficient (Wildman–Crippen LogP) is 4.31. The third-order valence-corrected chi connectivity index (χ3v) is 2.82. The first-order chi connectivity index (χ1) is 8.47. The van der Waals surface area contributed by atoms with Crippen molar-refractivity contribution in [3.63, 3.8) is 0 Å². The van der Waals surface area contributed by atoms with Gasteiger partial charge in [0.05, 0.1) is 11.4 Å². The minimum absolute atomic E-state index is 0.246. The minimum Gasteiger partial charge on any atom is -0.323 e. The van der Waals surface area contributed by atoms with Crippen LogP contribution in [0, 0.1) is 12.7 Å². The average molecular weight is 268 g/mol. The van der Waals surface area contributed by atoms with Crippen LogP contribution in [0.1, 0.15) is 25.6 Å². The molecule has 1 aromatic heterocycles. The number of hydrogen-bond acceptors (Lipinski definition) is 2. The highest BCUT2D eigenvalue weighted by molar-refractivity contribution is 6.30. The van der Waals surface area contributed by atoms with Crippen molar-refractivity contribution in [2.75, 3.05) is 5.32 Å². The van der Waals surface area contributed by atoms with Crippen LogP contribution in [0.4, 0.5) is 16.0 Å². The Kier molecular flexibility index (Phi) is 3.57. The molecule has 1 heterocycles. The van der Waals surface area contributed by atoms with Gasteiger partial charge in [0.2, 0.25) is 5.95 Å². The lowest BCUT2D eigenvalue weighted by Gasteiger charge is -2.13. The molecule has 1 aromatic carbocycles. The molecule has 2 rings (SSSR count). The standard InChI is InChI=1S/C13H15ClFN3/c1-8(2)18-7-9(3)16-13(18)17-12-6-10(14)4-5-11(12)15/h4-8H,1-3H3,(H,16,17). The maximum atomic E-state index is 13.6. The maximum Gasteiger partial charge on any atom is 0.207 e. The van der Waals surface area contributed by atoms with Crippen molar-refractivity contribution in [2.24, 2.45) is 0 Å². The van der Waals surface area contributed by atoms with E-state index in [1.807, 2.05) is 31.5 Å². The SMILES string of the molecule is Cc1cn(C(C)C)c(Nc2cc(Cl)ccc2F)n1. The number of benzene rings is 1. The number of aromatic nitrogens is 2. The maximum absolute atomic E-state index is 13.6. The van der Waals surface area contributed by atoms with Gasteiger partial charge in [-0.25, -0.2) is 9.37 Å². The lowest BCUT2D eigenvalue weighted by Crippen LogP contribution is -2.06. The Hall–Kier alpha value is -1.55. The molecule has 0 atom stereocenters. The van der Waals surface area contributed by atoms with Gasteiger partial charge in [-0.1, -0.05) is 11.6 Å². The van der Waals surface area contributed by atoms with Crippen LogP contribution in [-0.4, -0.2) is 9.55 Å². The van der Waals surface area contributed by atoms with E-state index >= 15 is 0 Å². The van der Waals surface area contributed by atoms with E-state index in [0.29, 0.717) is 16.7 Å². The summed E-state index contributed by atoms with van der Waals surface area (Å²) in [6, 6.07) is 4.64. The second-order valence-electron chi connectivity index (χ2n) is 4.46. The Morgan fingerprint density at radius 1 is 1.39 bits per heavy atom. The van der Waals surface area contributed by atoms with Gasteiger partial charge in [-0.2, -0.15) is 0 Å². The van der Waals surface area contributed by atoms with Gasteiger partial charge in [0.1, 0.15) is 5.82 Å². The zero-order chi connectivity index (χ0) is 13.3. The van der Waals surface area contributed by atoms with Crippen LogP contribution in [0.2, 0.25) is 5.02 Å². The summed E-state index contributed by atoms with van der Waals surface area (Å²) in [7, 11) is 0. The van der Waals surface area contributed by atoms with Crippen molar-refractivity contribution >= 4 is 23.2 Å². The molecule has 96 valence electrons. The van der Waals surface area contributed by atoms with Gasteiger partial charge in [-0.05, 0) is 39.0 Å². The minimum atomic E-state index is -0.352. The van der Waals surface area contributed by atoms with Crippen molar-refractivity contribution in [3.8, 4) is 0 Å². The van der Waals surface area contributed by atoms with Crippen LogP contribution >= 0.6 is 11.6 Å². The lowest BCUT2D eigenvalue weighted by atomic mass is 10.3. The van der Waals surface area contributed by atoms with Crippen molar-refractivity contribution in [2.45, 2.75) is 26.8 Å². The van der Waals surface area contributed by atoms with E-state index in [1.165, 1.54) is 12.1 Å². The fourth-order valence-electron chi connectivity index (χ4n) is 1.72. The monoisotopic (exact) mass is 267 g/mol. The number of nitrogens with zero attached hydrogens (tertiary/aromatic N) is 2. The van der Waals surface area contributed by atoms with Crippen LogP contribution < -0.4 is 5.32 Å². The molecule has 3 nitrogen and oxygen atoms in total. The van der Waals surface area contributed by atoms with Gasteiger partial charge >= 0.3 is 0 Å². The number of imidazole rings is 1. The molecule has 1 N–H and O–H groups in total. The molecule has 0 spiro atoms. The predicted molar refractivity (Wildman–Crippen MR) is 72.0 cm³/mol. The van der Waals surface area contributed by atoms with Crippen LogP contribution in [0.15, 0.2) is 24.4 Å². The molecular formula is C13H15ClFN3. The van der Waals surface area contributed by atoms with Crippen LogP contribution in [0.5, 0.6) is 0 Å². The van der Waals surface area contributed by atoms with E-state index < -0.39 is 0 Å². The fraction of sp³-hybridized carbons (Fsp3) is 0.308. The Labute approximate surface area is 111 Å². The highest BCUT2D eigenvalue weighted by atomic mass is 35.5. The van der Waals surface area contributed by atoms with Crippen molar-refractivity contribution < 1.29 is 4.39 Å². The van der Waals surface area contributed by atoms with Crippen molar-refractivity contribution in [1.29, 1.82) is 0 Å². The van der Waals surface area contributed by atoms with E-state index in [1.54, 1.807) is 6.07 Å². The molecule has 0 fully saturated rings. The first-order valence-electron chi connectivity index (χ1n) is 5.75. The van der Waals surface area contributed by atoms with Gasteiger partial charge < -0.3 is 9.88 Å². The van der Waals surface area contributed by atoms with Gasteiger partial charge in [0.25, 0.3) is 0 Å². The largest absolute Gasteiger partial charge is 0.323 e. The molecule has 0 aliphatic rings. The van der Waals surface area contributed by atoms with Crippen molar-refractivity contribution in [3.05, 3.63) is 40.9 Å². The second-order valence-corrected chi connectivity index (χ2v) is 4.89. The molecule has 0 aliphatic heterocycles. The molecule has 0 radical (unpaired) electrons. The summed E-state index contributed by atoms with van der Waals surface area (Å²) in [5, 5.41) is 3.46. The number of aryl methyl sites for hydroxylation is 1. The summed E-state index contributed by atoms with van der Waals surface area (Å²) in [5.41, 5.74) is 1.21. The van der Waals surface area contributed by atoms with Crippen LogP contribution in [0.3, 0.4) is 0 Å². The van der Waals surface area contributed by atoms with E-state index in [-0.39, 0.29) is 11.9 Å². The smallest absolute Gasteiger partial charge is 0.207 e. The number of anilines is 2. The molecular weight excluding hydrogens is 253 g/mol. The molecule has 0 unspecified atom stereocenters. The molecule has 0 amide bonds.